The predicted octanol–water partition coefficient (Wildman–Crippen LogP) is -0.213. The molecule has 3 aromatic rings. The summed E-state index contributed by atoms with van der Waals surface area (Å²) < 4.78 is 80.3. The van der Waals surface area contributed by atoms with Gasteiger partial charge >= 0.3 is 26.3 Å². The molecule has 72 heavy (non-hydrogen) atoms. The quantitative estimate of drug-likeness (QED) is 0.0464. The van der Waals surface area contributed by atoms with Crippen LogP contribution in [0, 0.1) is 5.92 Å². The van der Waals surface area contributed by atoms with Gasteiger partial charge in [-0.25, -0.2) is 37.9 Å². The fourth-order valence-corrected chi connectivity index (χ4v) is 10.8. The fraction of sp³-hybridized carbons (Fsp3) is 0.641. The predicted molar refractivity (Wildman–Crippen MR) is 246 cm³/mol. The van der Waals surface area contributed by atoms with Gasteiger partial charge in [0.25, 0.3) is 5.56 Å². The molecule has 0 aromatic carbocycles. The lowest BCUT2D eigenvalue weighted by atomic mass is 10.0. The van der Waals surface area contributed by atoms with E-state index in [0.717, 1.165) is 29.5 Å². The topological polar surface area (TPSA) is 374 Å². The Balaban J connectivity index is 1.03. The Bertz CT molecular complexity index is 2700. The molecule has 4 fully saturated rings. The third-order valence-corrected chi connectivity index (χ3v) is 14.5. The number of anilines is 1. The molecule has 33 heteroatoms. The summed E-state index contributed by atoms with van der Waals surface area (Å²) in [4.78, 5) is 125. The van der Waals surface area contributed by atoms with Crippen molar-refractivity contribution in [3.8, 4) is 0 Å². The molecule has 0 spiro atoms. The number of phosphoric acid groups is 1. The zero-order valence-corrected chi connectivity index (χ0v) is 41.2. The molecule has 0 radical (unpaired) electrons. The van der Waals surface area contributed by atoms with Gasteiger partial charge in [0.1, 0.15) is 36.8 Å². The molecule has 0 aliphatic carbocycles. The van der Waals surface area contributed by atoms with Crippen molar-refractivity contribution in [1.82, 2.24) is 49.9 Å². The molecule has 6 amide bonds. The Morgan fingerprint density at radius 1 is 0.903 bits per heavy atom. The van der Waals surface area contributed by atoms with E-state index in [1.807, 2.05) is 18.8 Å². The van der Waals surface area contributed by atoms with Crippen LogP contribution in [-0.2, 0) is 63.1 Å². The van der Waals surface area contributed by atoms with Gasteiger partial charge in [-0.1, -0.05) is 20.3 Å². The minimum absolute atomic E-state index is 0.00997. The van der Waals surface area contributed by atoms with Crippen molar-refractivity contribution in [3.63, 3.8) is 0 Å². The number of nitrogens with zero attached hydrogens (tertiary/aromatic N) is 6. The summed E-state index contributed by atoms with van der Waals surface area (Å²) in [5, 5.41) is 11.0. The summed E-state index contributed by atoms with van der Waals surface area (Å²) in [5.41, 5.74) is 3.11. The van der Waals surface area contributed by atoms with Crippen molar-refractivity contribution in [3.05, 3.63) is 45.8 Å². The van der Waals surface area contributed by atoms with Crippen LogP contribution >= 0.6 is 14.5 Å². The van der Waals surface area contributed by atoms with Gasteiger partial charge in [-0.2, -0.15) is 0 Å². The molecule has 0 bridgehead atoms. The number of halogens is 2. The first-order valence-corrected chi connectivity index (χ1v) is 26.8. The number of fused-ring (bicyclic) bond motifs is 3. The molecule has 4 saturated heterocycles. The van der Waals surface area contributed by atoms with E-state index >= 15 is 8.78 Å². The molecule has 4 unspecified atom stereocenters. The van der Waals surface area contributed by atoms with Crippen molar-refractivity contribution >= 4 is 73.0 Å². The second-order valence-electron chi connectivity index (χ2n) is 17.4. The molecule has 7 heterocycles. The zero-order valence-electron chi connectivity index (χ0n) is 38.6. The first-order chi connectivity index (χ1) is 34.1. The van der Waals surface area contributed by atoms with Crippen molar-refractivity contribution in [2.45, 2.75) is 120 Å². The van der Waals surface area contributed by atoms with Gasteiger partial charge in [0.2, 0.25) is 23.6 Å². The molecule has 4 aliphatic rings. The first-order valence-electron chi connectivity index (χ1n) is 22.7. The number of aromatic amines is 1. The van der Waals surface area contributed by atoms with Gasteiger partial charge in [0.15, 0.2) is 41.8 Å². The average Bonchev–Trinajstić information content (AvgIpc) is 4.05. The number of rotatable bonds is 18. The second kappa shape index (κ2) is 23.4. The number of phosphoric ester groups is 1. The zero-order chi connectivity index (χ0) is 52.1. The molecule has 12 atom stereocenters. The number of hydrogen-bond donors (Lipinski definition) is 8. The van der Waals surface area contributed by atoms with Crippen LogP contribution in [0.1, 0.15) is 71.2 Å². The molecule has 396 valence electrons. The highest BCUT2D eigenvalue weighted by atomic mass is 32.5. The van der Waals surface area contributed by atoms with Gasteiger partial charge in [0, 0.05) is 38.2 Å². The monoisotopic (exact) mass is 1080 g/mol. The van der Waals surface area contributed by atoms with E-state index in [9.17, 15) is 47.9 Å². The van der Waals surface area contributed by atoms with Crippen molar-refractivity contribution in [2.24, 2.45) is 11.7 Å². The summed E-state index contributed by atoms with van der Waals surface area (Å²) in [6, 6.07) is -1.86. The van der Waals surface area contributed by atoms with Gasteiger partial charge in [-0.05, 0) is 50.0 Å². The third kappa shape index (κ3) is 13.2. The lowest BCUT2D eigenvalue weighted by Gasteiger charge is -2.28. The Hall–Kier alpha value is -5.04. The number of alkyl halides is 2. The van der Waals surface area contributed by atoms with Gasteiger partial charge in [-0.15, -0.1) is 0 Å². The molecular weight excluding hydrogens is 1020 g/mol. The normalized spacial score (nSPS) is 29.8. The lowest BCUT2D eigenvalue weighted by molar-refractivity contribution is -0.138. The number of carbonyl (C=O) groups excluding carboxylic acids is 5. The number of ether oxygens (including phenoxy) is 2. The molecule has 7 rings (SSSR count). The van der Waals surface area contributed by atoms with Crippen LogP contribution in [-0.4, -0.2) is 155 Å². The number of amides is 6. The van der Waals surface area contributed by atoms with Crippen LogP contribution in [0.4, 0.5) is 19.4 Å². The number of nitrogens with one attached hydrogen (secondary N) is 5. The summed E-state index contributed by atoms with van der Waals surface area (Å²) >= 11 is 5.13. The van der Waals surface area contributed by atoms with E-state index in [4.69, 9.17) is 45.1 Å². The molecule has 0 saturated carbocycles. The maximum Gasteiger partial charge on any atom is 0.472 e. The molecule has 3 aromatic heterocycles. The highest BCUT2D eigenvalue weighted by Crippen LogP contribution is 2.54. The first kappa shape index (κ1) is 54.7. The number of carbonyl (C=O) groups is 5. The van der Waals surface area contributed by atoms with E-state index in [1.165, 1.54) is 4.90 Å². The van der Waals surface area contributed by atoms with Crippen LogP contribution in [0.5, 0.6) is 0 Å². The van der Waals surface area contributed by atoms with E-state index in [1.54, 1.807) is 0 Å². The highest BCUT2D eigenvalue weighted by Gasteiger charge is 2.54. The largest absolute Gasteiger partial charge is 0.472 e. The van der Waals surface area contributed by atoms with E-state index < -0.39 is 118 Å². The maximum atomic E-state index is 16.6. The molecule has 4 aliphatic heterocycles. The fourth-order valence-electron chi connectivity index (χ4n) is 8.40. The minimum Gasteiger partial charge on any atom is -0.352 e. The van der Waals surface area contributed by atoms with E-state index in [0.29, 0.717) is 36.9 Å². The number of nitrogens with two attached hydrogens (primary N) is 1. The number of primary amides is 1. The number of unbranched alkanes of at least 4 members (excludes halogenated alkanes) is 2. The highest BCUT2D eigenvalue weighted by molar-refractivity contribution is 8.07. The summed E-state index contributed by atoms with van der Waals surface area (Å²) in [6.45, 7) is -1.94. The SMILES string of the molecule is CC(C)C(NCCCCCN1C(=O)CCC1=O)C(=O)NC(CCCNC(N)=O)C(=O)Nc1ncnc2c1ncn2[C@@H]1O[C@@H]2COP(O)(=S)O[C@H]3[C@@H](F)[C@H](n4ccc(=O)[nH]c4=O)O[C@@H]3COP(=O)(O)O[C@H]2[C@H]1F. The van der Waals surface area contributed by atoms with Crippen LogP contribution in [0.2, 0.25) is 0 Å². The van der Waals surface area contributed by atoms with Crippen molar-refractivity contribution in [1.29, 1.82) is 0 Å². The van der Waals surface area contributed by atoms with Crippen LogP contribution in [0.15, 0.2) is 34.5 Å². The third-order valence-electron chi connectivity index (χ3n) is 12.0. The number of imide groups is 1. The lowest BCUT2D eigenvalue weighted by Crippen LogP contribution is -2.53. The average molecular weight is 1080 g/mol. The molecular formula is C39H54F2N12O16P2S. The van der Waals surface area contributed by atoms with Crippen LogP contribution in [0.3, 0.4) is 0 Å². The molecule has 28 nitrogen and oxygen atoms in total. The second-order valence-corrected chi connectivity index (χ2v) is 21.6. The Kier molecular flexibility index (Phi) is 17.8. The minimum atomic E-state index is -5.30. The van der Waals surface area contributed by atoms with Crippen LogP contribution in [0.25, 0.3) is 11.2 Å². The van der Waals surface area contributed by atoms with Gasteiger partial charge in [0.05, 0.1) is 25.6 Å². The van der Waals surface area contributed by atoms with Crippen molar-refractivity contribution in [2.75, 3.05) is 38.2 Å². The van der Waals surface area contributed by atoms with Crippen molar-refractivity contribution < 1.29 is 74.7 Å². The Labute approximate surface area is 412 Å². The Morgan fingerprint density at radius 2 is 1.57 bits per heavy atom. The maximum absolute atomic E-state index is 16.6. The standard InChI is InChI=1S/C39H54F2N12O16P2S/c1-19(2)28(43-11-4-3-5-13-51-24(55)8-9-25(51)56)35(58)48-20(7-6-12-44-38(42)59)34(57)50-32-29-33(46-17-45-32)53(18-47-29)37-26(40)30-22(67-37)16-65-71(63,72)69-31-21(15-64-70(61,62)68-30)66-36(27(31)41)52-14-10-23(54)49-39(52)60/h10,14,17-22,26-28,30-31,36-37,43H,3-9,11-13,15-16H2,1-2H3,(H,48,58)(H,61,62)(H,63,72)(H3,42,44,59)(H,49,54,60)(H,45,46,50,57)/t20?,21-,22-,26-,27-,28?,30-,31-,36-,37-,71?/m1/s1. The number of likely N-dealkylation sites (tertiary alicyclic amines) is 1. The number of H-pyrrole nitrogens is 1. The van der Waals surface area contributed by atoms with Crippen LogP contribution < -0.4 is 38.2 Å². The summed E-state index contributed by atoms with van der Waals surface area (Å²) in [5.74, 6) is -2.07. The summed E-state index contributed by atoms with van der Waals surface area (Å²) in [7, 11) is -5.30. The van der Waals surface area contributed by atoms with E-state index in [2.05, 4.69) is 36.2 Å². The number of imidazole rings is 1. The number of urea groups is 1. The van der Waals surface area contributed by atoms with Gasteiger partial charge in [-0.3, -0.25) is 56.6 Å². The summed E-state index contributed by atoms with van der Waals surface area (Å²) in [6.07, 6.45) is -9.84. The number of hydrogen-bond acceptors (Lipinski definition) is 19. The Morgan fingerprint density at radius 3 is 2.24 bits per heavy atom. The number of aromatic nitrogens is 6. The molecule has 9 N–H and O–H groups in total. The van der Waals surface area contributed by atoms with E-state index in [-0.39, 0.29) is 66.9 Å². The smallest absolute Gasteiger partial charge is 0.352 e. The van der Waals surface area contributed by atoms with Gasteiger partial charge < -0.3 is 50.8 Å².